The number of carbonyl (C=O) groups is 1. The monoisotopic (exact) mass is 260 g/mol. The Kier molecular flexibility index (Phi) is 4.62. The third-order valence-electron chi connectivity index (χ3n) is 2.52. The van der Waals surface area contributed by atoms with Gasteiger partial charge < -0.3 is 5.32 Å². The van der Waals surface area contributed by atoms with Gasteiger partial charge in [0.2, 0.25) is 5.91 Å². The molecule has 1 saturated heterocycles. The Bertz CT molecular complexity index is 230. The second-order valence-electron chi connectivity index (χ2n) is 3.71. The van der Waals surface area contributed by atoms with Crippen molar-refractivity contribution < 1.29 is 4.79 Å². The number of nitrogens with zero attached hydrogens (tertiary/aromatic N) is 1. The standard InChI is InChI=1S/C10H17BrN2O/c1-8(11)6-13-5-3-4-9(7-13)10(14)12-2/h9H,1,3-7H2,2H3,(H,12,14). The average Bonchev–Trinajstić information content (AvgIpc) is 2.16. The van der Waals surface area contributed by atoms with Gasteiger partial charge in [-0.25, -0.2) is 0 Å². The molecule has 4 heteroatoms. The van der Waals surface area contributed by atoms with Crippen molar-refractivity contribution in [1.29, 1.82) is 0 Å². The van der Waals surface area contributed by atoms with Crippen molar-refractivity contribution in [3.05, 3.63) is 11.1 Å². The molecule has 14 heavy (non-hydrogen) atoms. The summed E-state index contributed by atoms with van der Waals surface area (Å²) in [4.78, 5) is 13.7. The lowest BCUT2D eigenvalue weighted by molar-refractivity contribution is -0.126. The maximum atomic E-state index is 11.4. The molecule has 1 amide bonds. The highest BCUT2D eigenvalue weighted by atomic mass is 79.9. The fourth-order valence-corrected chi connectivity index (χ4v) is 2.21. The first-order chi connectivity index (χ1) is 6.63. The zero-order valence-corrected chi connectivity index (χ0v) is 10.1. The Hall–Kier alpha value is -0.350. The van der Waals surface area contributed by atoms with E-state index in [4.69, 9.17) is 0 Å². The number of likely N-dealkylation sites (tertiary alicyclic amines) is 1. The van der Waals surface area contributed by atoms with Crippen LogP contribution in [0.1, 0.15) is 12.8 Å². The van der Waals surface area contributed by atoms with Gasteiger partial charge in [-0.15, -0.1) is 0 Å². The molecule has 0 saturated carbocycles. The Morgan fingerprint density at radius 1 is 1.71 bits per heavy atom. The van der Waals surface area contributed by atoms with Crippen LogP contribution < -0.4 is 5.32 Å². The van der Waals surface area contributed by atoms with Gasteiger partial charge in [0, 0.05) is 24.6 Å². The van der Waals surface area contributed by atoms with Crippen molar-refractivity contribution >= 4 is 21.8 Å². The van der Waals surface area contributed by atoms with E-state index < -0.39 is 0 Å². The molecule has 1 N–H and O–H groups in total. The Balaban J connectivity index is 2.43. The molecule has 3 nitrogen and oxygen atoms in total. The molecule has 80 valence electrons. The number of hydrogen-bond acceptors (Lipinski definition) is 2. The van der Waals surface area contributed by atoms with Gasteiger partial charge in [0.25, 0.3) is 0 Å². The van der Waals surface area contributed by atoms with Gasteiger partial charge in [-0.1, -0.05) is 22.5 Å². The van der Waals surface area contributed by atoms with Gasteiger partial charge in [-0.05, 0) is 19.4 Å². The summed E-state index contributed by atoms with van der Waals surface area (Å²) in [5.41, 5.74) is 0. The molecule has 0 aromatic rings. The van der Waals surface area contributed by atoms with Crippen molar-refractivity contribution in [3.8, 4) is 0 Å². The Labute approximate surface area is 93.7 Å². The van der Waals surface area contributed by atoms with Crippen LogP contribution in [0.2, 0.25) is 0 Å². The van der Waals surface area contributed by atoms with Crippen LogP contribution in [0.15, 0.2) is 11.1 Å². The zero-order chi connectivity index (χ0) is 10.6. The number of piperidine rings is 1. The van der Waals surface area contributed by atoms with Gasteiger partial charge in [0.05, 0.1) is 5.92 Å². The van der Waals surface area contributed by atoms with Gasteiger partial charge in [-0.2, -0.15) is 0 Å². The van der Waals surface area contributed by atoms with Crippen molar-refractivity contribution in [2.45, 2.75) is 12.8 Å². The lowest BCUT2D eigenvalue weighted by atomic mass is 9.97. The van der Waals surface area contributed by atoms with E-state index in [1.54, 1.807) is 7.05 Å². The van der Waals surface area contributed by atoms with Gasteiger partial charge in [0.15, 0.2) is 0 Å². The SMILES string of the molecule is C=C(Br)CN1CCCC(C(=O)NC)C1. The molecule has 0 aromatic heterocycles. The number of amides is 1. The van der Waals surface area contributed by atoms with Crippen LogP contribution in [0.4, 0.5) is 0 Å². The molecule has 0 bridgehead atoms. The molecule has 0 spiro atoms. The fourth-order valence-electron chi connectivity index (χ4n) is 1.86. The Morgan fingerprint density at radius 2 is 2.43 bits per heavy atom. The molecule has 1 heterocycles. The maximum Gasteiger partial charge on any atom is 0.224 e. The van der Waals surface area contributed by atoms with Gasteiger partial charge in [-0.3, -0.25) is 9.69 Å². The molecule has 0 aliphatic carbocycles. The van der Waals surface area contributed by atoms with Crippen LogP contribution in [0.5, 0.6) is 0 Å². The van der Waals surface area contributed by atoms with Gasteiger partial charge >= 0.3 is 0 Å². The molecule has 0 aromatic carbocycles. The predicted octanol–water partition coefficient (Wildman–Crippen LogP) is 1.35. The summed E-state index contributed by atoms with van der Waals surface area (Å²) < 4.78 is 0.982. The summed E-state index contributed by atoms with van der Waals surface area (Å²) >= 11 is 3.35. The van der Waals surface area contributed by atoms with E-state index in [2.05, 4.69) is 32.7 Å². The van der Waals surface area contributed by atoms with E-state index in [1.807, 2.05) is 0 Å². The minimum Gasteiger partial charge on any atom is -0.359 e. The van der Waals surface area contributed by atoms with Crippen LogP contribution in [0, 0.1) is 5.92 Å². The molecule has 0 radical (unpaired) electrons. The first-order valence-corrected chi connectivity index (χ1v) is 5.70. The molecule has 1 unspecified atom stereocenters. The van der Waals surface area contributed by atoms with E-state index in [1.165, 1.54) is 0 Å². The smallest absolute Gasteiger partial charge is 0.224 e. The molecular weight excluding hydrogens is 244 g/mol. The normalized spacial score (nSPS) is 23.1. The lowest BCUT2D eigenvalue weighted by Crippen LogP contribution is -2.42. The summed E-state index contributed by atoms with van der Waals surface area (Å²) in [7, 11) is 1.70. The fraction of sp³-hybridized carbons (Fsp3) is 0.700. The molecule has 1 rings (SSSR count). The van der Waals surface area contributed by atoms with E-state index >= 15 is 0 Å². The number of rotatable bonds is 3. The summed E-state index contributed by atoms with van der Waals surface area (Å²) in [6.45, 7) is 6.57. The summed E-state index contributed by atoms with van der Waals surface area (Å²) in [6, 6.07) is 0. The highest BCUT2D eigenvalue weighted by Crippen LogP contribution is 2.18. The molecule has 1 atom stereocenters. The molecule has 1 aliphatic heterocycles. The maximum absolute atomic E-state index is 11.4. The third-order valence-corrected chi connectivity index (χ3v) is 2.77. The van der Waals surface area contributed by atoms with Gasteiger partial charge in [0.1, 0.15) is 0 Å². The van der Waals surface area contributed by atoms with Crippen molar-refractivity contribution in [3.63, 3.8) is 0 Å². The molecule has 1 fully saturated rings. The van der Waals surface area contributed by atoms with Crippen LogP contribution in [-0.4, -0.2) is 37.5 Å². The van der Waals surface area contributed by atoms with E-state index in [0.717, 1.165) is 37.0 Å². The largest absolute Gasteiger partial charge is 0.359 e. The lowest BCUT2D eigenvalue weighted by Gasteiger charge is -2.31. The Morgan fingerprint density at radius 3 is 3.00 bits per heavy atom. The zero-order valence-electron chi connectivity index (χ0n) is 8.55. The quantitative estimate of drug-likeness (QED) is 0.831. The third kappa shape index (κ3) is 3.42. The van der Waals surface area contributed by atoms with Crippen molar-refractivity contribution in [2.24, 2.45) is 5.92 Å². The van der Waals surface area contributed by atoms with Crippen molar-refractivity contribution in [2.75, 3.05) is 26.7 Å². The second-order valence-corrected chi connectivity index (χ2v) is 4.83. The van der Waals surface area contributed by atoms with Crippen LogP contribution in [0.3, 0.4) is 0 Å². The minimum atomic E-state index is 0.153. The summed E-state index contributed by atoms with van der Waals surface area (Å²) in [5.74, 6) is 0.315. The average molecular weight is 261 g/mol. The van der Waals surface area contributed by atoms with Crippen LogP contribution in [-0.2, 0) is 4.79 Å². The minimum absolute atomic E-state index is 0.153. The number of carbonyl (C=O) groups excluding carboxylic acids is 1. The van der Waals surface area contributed by atoms with E-state index in [0.29, 0.717) is 0 Å². The number of halogens is 1. The number of hydrogen-bond donors (Lipinski definition) is 1. The second kappa shape index (κ2) is 5.51. The van der Waals surface area contributed by atoms with Crippen LogP contribution >= 0.6 is 15.9 Å². The topological polar surface area (TPSA) is 32.3 Å². The van der Waals surface area contributed by atoms with Crippen LogP contribution in [0.25, 0.3) is 0 Å². The molecule has 1 aliphatic rings. The van der Waals surface area contributed by atoms with E-state index in [-0.39, 0.29) is 11.8 Å². The highest BCUT2D eigenvalue weighted by Gasteiger charge is 2.24. The first kappa shape index (κ1) is 11.7. The highest BCUT2D eigenvalue weighted by molar-refractivity contribution is 9.11. The summed E-state index contributed by atoms with van der Waals surface area (Å²) in [5, 5.41) is 2.71. The van der Waals surface area contributed by atoms with E-state index in [9.17, 15) is 4.79 Å². The van der Waals surface area contributed by atoms with Crippen molar-refractivity contribution in [1.82, 2.24) is 10.2 Å². The first-order valence-electron chi connectivity index (χ1n) is 4.90. The predicted molar refractivity (Wildman–Crippen MR) is 61.3 cm³/mol. The number of nitrogens with one attached hydrogen (secondary N) is 1. The molecular formula is C10H17BrN2O. The summed E-state index contributed by atoms with van der Waals surface area (Å²) in [6.07, 6.45) is 2.10.